The van der Waals surface area contributed by atoms with Gasteiger partial charge in [0.25, 0.3) is 5.91 Å². The third-order valence-electron chi connectivity index (χ3n) is 5.16. The number of rotatable bonds is 6. The second kappa shape index (κ2) is 9.32. The molecule has 7 heteroatoms. The summed E-state index contributed by atoms with van der Waals surface area (Å²) in [6.45, 7) is 5.10. The van der Waals surface area contributed by atoms with Crippen LogP contribution in [0.1, 0.15) is 29.4 Å². The molecule has 6 nitrogen and oxygen atoms in total. The number of hydrogen-bond acceptors (Lipinski definition) is 4. The van der Waals surface area contributed by atoms with E-state index in [4.69, 9.17) is 16.3 Å². The second-order valence-electron chi connectivity index (χ2n) is 7.22. The molecule has 156 valence electrons. The Morgan fingerprint density at radius 2 is 1.93 bits per heavy atom. The van der Waals surface area contributed by atoms with Crippen molar-refractivity contribution in [3.8, 4) is 5.69 Å². The van der Waals surface area contributed by atoms with Crippen LogP contribution < -0.4 is 10.2 Å². The normalized spacial score (nSPS) is 14.0. The Kier molecular flexibility index (Phi) is 6.35. The van der Waals surface area contributed by atoms with Gasteiger partial charge in [-0.2, -0.15) is 5.10 Å². The van der Waals surface area contributed by atoms with Gasteiger partial charge in [-0.3, -0.25) is 4.79 Å². The van der Waals surface area contributed by atoms with E-state index in [1.807, 2.05) is 47.1 Å². The molecule has 1 aliphatic rings. The summed E-state index contributed by atoms with van der Waals surface area (Å²) in [5, 5.41) is 8.06. The van der Waals surface area contributed by atoms with E-state index < -0.39 is 0 Å². The fourth-order valence-corrected chi connectivity index (χ4v) is 3.98. The van der Waals surface area contributed by atoms with Gasteiger partial charge >= 0.3 is 0 Å². The van der Waals surface area contributed by atoms with Gasteiger partial charge in [0.05, 0.1) is 47.1 Å². The molecule has 0 radical (unpaired) electrons. The summed E-state index contributed by atoms with van der Waals surface area (Å²) in [5.41, 5.74) is 4.04. The molecule has 1 fully saturated rings. The highest BCUT2D eigenvalue weighted by atomic mass is 35.5. The van der Waals surface area contributed by atoms with Crippen LogP contribution >= 0.6 is 11.6 Å². The van der Waals surface area contributed by atoms with Crippen molar-refractivity contribution in [2.45, 2.75) is 19.8 Å². The average Bonchev–Trinajstić information content (AvgIpc) is 3.19. The molecule has 30 heavy (non-hydrogen) atoms. The molecule has 1 amide bonds. The topological polar surface area (TPSA) is 59.4 Å². The maximum Gasteiger partial charge on any atom is 0.259 e. The minimum atomic E-state index is -0.184. The first kappa shape index (κ1) is 20.4. The first-order chi connectivity index (χ1) is 14.7. The minimum Gasteiger partial charge on any atom is -0.378 e. The van der Waals surface area contributed by atoms with Crippen molar-refractivity contribution in [1.29, 1.82) is 0 Å². The van der Waals surface area contributed by atoms with E-state index in [2.05, 4.69) is 22.2 Å². The van der Waals surface area contributed by atoms with Crippen molar-refractivity contribution in [1.82, 2.24) is 9.78 Å². The van der Waals surface area contributed by atoms with E-state index in [0.717, 1.165) is 43.0 Å². The van der Waals surface area contributed by atoms with E-state index in [9.17, 15) is 4.79 Å². The standard InChI is InChI=1S/C23H25ClN4O2/c1-2-6-21-19(16-25-28(21)18-7-4-3-5-8-18)23(29)26-17-9-10-22(20(24)15-17)27-11-13-30-14-12-27/h3-5,7-10,15-16H,2,6,11-14H2,1H3,(H,26,29). The Balaban J connectivity index is 1.55. The molecule has 0 aliphatic carbocycles. The SMILES string of the molecule is CCCc1c(C(=O)Nc2ccc(N3CCOCC3)c(Cl)c2)cnn1-c1ccccc1. The van der Waals surface area contributed by atoms with Crippen LogP contribution in [0.3, 0.4) is 0 Å². The molecule has 1 saturated heterocycles. The minimum absolute atomic E-state index is 0.184. The Labute approximate surface area is 181 Å². The molecule has 2 aromatic carbocycles. The lowest BCUT2D eigenvalue weighted by Gasteiger charge is -2.29. The van der Waals surface area contributed by atoms with Gasteiger partial charge < -0.3 is 15.0 Å². The highest BCUT2D eigenvalue weighted by molar-refractivity contribution is 6.33. The molecular formula is C23H25ClN4O2. The lowest BCUT2D eigenvalue weighted by atomic mass is 10.1. The van der Waals surface area contributed by atoms with E-state index in [1.54, 1.807) is 12.3 Å². The third-order valence-corrected chi connectivity index (χ3v) is 5.46. The number of carbonyl (C=O) groups is 1. The summed E-state index contributed by atoms with van der Waals surface area (Å²) in [4.78, 5) is 15.2. The van der Waals surface area contributed by atoms with Gasteiger partial charge in [0, 0.05) is 18.8 Å². The molecule has 1 N–H and O–H groups in total. The molecule has 0 unspecified atom stereocenters. The fraction of sp³-hybridized carbons (Fsp3) is 0.304. The van der Waals surface area contributed by atoms with Crippen molar-refractivity contribution < 1.29 is 9.53 Å². The van der Waals surface area contributed by atoms with Crippen molar-refractivity contribution in [3.63, 3.8) is 0 Å². The maximum absolute atomic E-state index is 13.0. The summed E-state index contributed by atoms with van der Waals surface area (Å²) < 4.78 is 7.24. The molecular weight excluding hydrogens is 400 g/mol. The predicted molar refractivity (Wildman–Crippen MR) is 120 cm³/mol. The smallest absolute Gasteiger partial charge is 0.259 e. The predicted octanol–water partition coefficient (Wildman–Crippen LogP) is 4.57. The van der Waals surface area contributed by atoms with E-state index in [1.165, 1.54) is 0 Å². The Hall–Kier alpha value is -2.83. The quantitative estimate of drug-likeness (QED) is 0.629. The molecule has 1 aromatic heterocycles. The zero-order chi connectivity index (χ0) is 20.9. The van der Waals surface area contributed by atoms with Crippen LogP contribution in [-0.4, -0.2) is 42.0 Å². The summed E-state index contributed by atoms with van der Waals surface area (Å²) in [6.07, 6.45) is 3.31. The number of halogens is 1. The van der Waals surface area contributed by atoms with E-state index >= 15 is 0 Å². The van der Waals surface area contributed by atoms with Crippen LogP contribution in [0.15, 0.2) is 54.7 Å². The molecule has 0 bridgehead atoms. The van der Waals surface area contributed by atoms with Gasteiger partial charge in [-0.15, -0.1) is 0 Å². The summed E-state index contributed by atoms with van der Waals surface area (Å²) in [6, 6.07) is 15.5. The zero-order valence-electron chi connectivity index (χ0n) is 17.0. The summed E-state index contributed by atoms with van der Waals surface area (Å²) >= 11 is 6.51. The van der Waals surface area contributed by atoms with E-state index in [-0.39, 0.29) is 5.91 Å². The Morgan fingerprint density at radius 1 is 1.17 bits per heavy atom. The number of amides is 1. The van der Waals surface area contributed by atoms with Gasteiger partial charge in [-0.05, 0) is 36.8 Å². The third kappa shape index (κ3) is 4.35. The van der Waals surface area contributed by atoms with Gasteiger partial charge in [0.1, 0.15) is 0 Å². The van der Waals surface area contributed by atoms with Gasteiger partial charge in [0.2, 0.25) is 0 Å². The molecule has 4 rings (SSSR count). The number of para-hydroxylation sites is 1. The van der Waals surface area contributed by atoms with Gasteiger partial charge in [0.15, 0.2) is 0 Å². The first-order valence-electron chi connectivity index (χ1n) is 10.2. The summed E-state index contributed by atoms with van der Waals surface area (Å²) in [7, 11) is 0. The van der Waals surface area contributed by atoms with Crippen molar-refractivity contribution in [2.24, 2.45) is 0 Å². The van der Waals surface area contributed by atoms with E-state index in [0.29, 0.717) is 29.5 Å². The van der Waals surface area contributed by atoms with Crippen LogP contribution in [0.5, 0.6) is 0 Å². The molecule has 3 aromatic rings. The van der Waals surface area contributed by atoms with Crippen LogP contribution in [0.4, 0.5) is 11.4 Å². The number of nitrogens with one attached hydrogen (secondary N) is 1. The molecule has 0 atom stereocenters. The number of nitrogens with zero attached hydrogens (tertiary/aromatic N) is 3. The first-order valence-corrected chi connectivity index (χ1v) is 10.6. The lowest BCUT2D eigenvalue weighted by molar-refractivity contribution is 0.102. The molecule has 0 saturated carbocycles. The largest absolute Gasteiger partial charge is 0.378 e. The highest BCUT2D eigenvalue weighted by Gasteiger charge is 2.19. The number of carbonyl (C=O) groups excluding carboxylic acids is 1. The Morgan fingerprint density at radius 3 is 2.63 bits per heavy atom. The van der Waals surface area contributed by atoms with Crippen LogP contribution in [0.25, 0.3) is 5.69 Å². The monoisotopic (exact) mass is 424 g/mol. The Bertz CT molecular complexity index is 1010. The van der Waals surface area contributed by atoms with Gasteiger partial charge in [-0.25, -0.2) is 4.68 Å². The number of aromatic nitrogens is 2. The molecule has 0 spiro atoms. The number of benzene rings is 2. The fourth-order valence-electron chi connectivity index (χ4n) is 3.68. The van der Waals surface area contributed by atoms with Crippen LogP contribution in [0, 0.1) is 0 Å². The maximum atomic E-state index is 13.0. The van der Waals surface area contributed by atoms with Crippen LogP contribution in [0.2, 0.25) is 5.02 Å². The highest BCUT2D eigenvalue weighted by Crippen LogP contribution is 2.30. The van der Waals surface area contributed by atoms with Crippen molar-refractivity contribution >= 4 is 28.9 Å². The van der Waals surface area contributed by atoms with Crippen molar-refractivity contribution in [2.75, 3.05) is 36.5 Å². The number of morpholine rings is 1. The lowest BCUT2D eigenvalue weighted by Crippen LogP contribution is -2.36. The second-order valence-corrected chi connectivity index (χ2v) is 7.63. The number of anilines is 2. The molecule has 1 aliphatic heterocycles. The van der Waals surface area contributed by atoms with Crippen LogP contribution in [-0.2, 0) is 11.2 Å². The average molecular weight is 425 g/mol. The molecule has 2 heterocycles. The summed E-state index contributed by atoms with van der Waals surface area (Å²) in [5.74, 6) is -0.184. The number of ether oxygens (including phenoxy) is 1. The zero-order valence-corrected chi connectivity index (χ0v) is 17.7. The van der Waals surface area contributed by atoms with Crippen molar-refractivity contribution in [3.05, 3.63) is 71.0 Å². The van der Waals surface area contributed by atoms with Gasteiger partial charge in [-0.1, -0.05) is 43.1 Å². The number of hydrogen-bond donors (Lipinski definition) is 1.